The van der Waals surface area contributed by atoms with E-state index in [9.17, 15) is 4.79 Å². The number of benzene rings is 2. The first-order valence-corrected chi connectivity index (χ1v) is 10.9. The van der Waals surface area contributed by atoms with Crippen LogP contribution in [0.5, 0.6) is 5.75 Å². The number of ether oxygens (including phenoxy) is 1. The molecule has 0 N–H and O–H groups in total. The van der Waals surface area contributed by atoms with Crippen molar-refractivity contribution in [3.05, 3.63) is 71.2 Å². The van der Waals surface area contributed by atoms with Crippen LogP contribution in [0.25, 0.3) is 10.6 Å². The molecule has 1 amide bonds. The van der Waals surface area contributed by atoms with Crippen LogP contribution in [0.15, 0.2) is 60.0 Å². The molecular formula is C23H23N3O2S. The Kier molecular flexibility index (Phi) is 5.04. The predicted molar refractivity (Wildman–Crippen MR) is 114 cm³/mol. The van der Waals surface area contributed by atoms with E-state index in [0.29, 0.717) is 6.42 Å². The summed E-state index contributed by atoms with van der Waals surface area (Å²) >= 11 is 1.69. The molecule has 0 spiro atoms. The first-order chi connectivity index (χ1) is 14.3. The van der Waals surface area contributed by atoms with E-state index in [1.54, 1.807) is 11.3 Å². The van der Waals surface area contributed by atoms with E-state index in [0.717, 1.165) is 60.3 Å². The standard InChI is InChI=1S/C23H23N3O2S/c27-23(21-14-18-8-4-5-9-20(18)28-21)26-12-10-25(11-13-26)15-19-16-29-22(24-19)17-6-2-1-3-7-17/h1-9,16,21H,10-15H2/t21-/m1/s1. The van der Waals surface area contributed by atoms with Gasteiger partial charge in [-0.05, 0) is 11.6 Å². The highest BCUT2D eigenvalue weighted by molar-refractivity contribution is 7.13. The van der Waals surface area contributed by atoms with Gasteiger partial charge in [0.15, 0.2) is 6.10 Å². The molecule has 0 saturated carbocycles. The SMILES string of the molecule is O=C([C@H]1Cc2ccccc2O1)N1CCN(Cc2csc(-c3ccccc3)n2)CC1. The molecule has 3 heterocycles. The van der Waals surface area contributed by atoms with Gasteiger partial charge < -0.3 is 9.64 Å². The van der Waals surface area contributed by atoms with E-state index in [4.69, 9.17) is 9.72 Å². The molecule has 2 aromatic carbocycles. The number of hydrogen-bond donors (Lipinski definition) is 0. The van der Waals surface area contributed by atoms with E-state index in [1.165, 1.54) is 0 Å². The van der Waals surface area contributed by atoms with Gasteiger partial charge in [-0.15, -0.1) is 11.3 Å². The van der Waals surface area contributed by atoms with Crippen LogP contribution in [0.4, 0.5) is 0 Å². The summed E-state index contributed by atoms with van der Waals surface area (Å²) in [7, 11) is 0. The number of carbonyl (C=O) groups is 1. The predicted octanol–water partition coefficient (Wildman–Crippen LogP) is 3.46. The summed E-state index contributed by atoms with van der Waals surface area (Å²) in [4.78, 5) is 22.0. The topological polar surface area (TPSA) is 45.7 Å². The van der Waals surface area contributed by atoms with Gasteiger partial charge in [-0.1, -0.05) is 48.5 Å². The molecule has 0 aliphatic carbocycles. The highest BCUT2D eigenvalue weighted by atomic mass is 32.1. The van der Waals surface area contributed by atoms with Gasteiger partial charge in [0, 0.05) is 50.1 Å². The van der Waals surface area contributed by atoms with Crippen molar-refractivity contribution in [1.82, 2.24) is 14.8 Å². The van der Waals surface area contributed by atoms with Crippen LogP contribution >= 0.6 is 11.3 Å². The van der Waals surface area contributed by atoms with Crippen molar-refractivity contribution in [3.8, 4) is 16.3 Å². The Balaban J connectivity index is 1.14. The second-order valence-corrected chi connectivity index (χ2v) is 8.39. The molecule has 2 aliphatic heterocycles. The maximum absolute atomic E-state index is 12.9. The number of amides is 1. The Morgan fingerprint density at radius 3 is 2.59 bits per heavy atom. The van der Waals surface area contributed by atoms with Crippen molar-refractivity contribution in [3.63, 3.8) is 0 Å². The second-order valence-electron chi connectivity index (χ2n) is 7.53. The zero-order chi connectivity index (χ0) is 19.6. The number of fused-ring (bicyclic) bond motifs is 1. The Hall–Kier alpha value is -2.70. The maximum atomic E-state index is 12.9. The smallest absolute Gasteiger partial charge is 0.264 e. The van der Waals surface area contributed by atoms with Crippen molar-refractivity contribution >= 4 is 17.2 Å². The van der Waals surface area contributed by atoms with Crippen LogP contribution < -0.4 is 4.74 Å². The van der Waals surface area contributed by atoms with Gasteiger partial charge in [-0.3, -0.25) is 9.69 Å². The lowest BCUT2D eigenvalue weighted by Crippen LogP contribution is -2.51. The van der Waals surface area contributed by atoms with Crippen LogP contribution in [0.2, 0.25) is 0 Å². The lowest BCUT2D eigenvalue weighted by atomic mass is 10.1. The van der Waals surface area contributed by atoms with Gasteiger partial charge in [-0.25, -0.2) is 4.98 Å². The summed E-state index contributed by atoms with van der Waals surface area (Å²) in [5, 5.41) is 3.20. The van der Waals surface area contributed by atoms with Crippen molar-refractivity contribution in [2.24, 2.45) is 0 Å². The number of hydrogen-bond acceptors (Lipinski definition) is 5. The first kappa shape index (κ1) is 18.3. The van der Waals surface area contributed by atoms with Crippen LogP contribution in [-0.4, -0.2) is 53.0 Å². The van der Waals surface area contributed by atoms with Crippen molar-refractivity contribution in [2.75, 3.05) is 26.2 Å². The third kappa shape index (κ3) is 3.91. The van der Waals surface area contributed by atoms with Gasteiger partial charge >= 0.3 is 0 Å². The van der Waals surface area contributed by atoms with Gasteiger partial charge in [-0.2, -0.15) is 0 Å². The monoisotopic (exact) mass is 405 g/mol. The normalized spacial score (nSPS) is 19.0. The van der Waals surface area contributed by atoms with E-state index >= 15 is 0 Å². The number of aromatic nitrogens is 1. The molecule has 148 valence electrons. The Morgan fingerprint density at radius 1 is 1.03 bits per heavy atom. The van der Waals surface area contributed by atoms with Crippen molar-refractivity contribution < 1.29 is 9.53 Å². The summed E-state index contributed by atoms with van der Waals surface area (Å²) in [6.07, 6.45) is 0.307. The van der Waals surface area contributed by atoms with E-state index in [2.05, 4.69) is 22.4 Å². The Labute approximate surface area is 174 Å². The lowest BCUT2D eigenvalue weighted by molar-refractivity contribution is -0.139. The third-order valence-electron chi connectivity index (χ3n) is 5.56. The van der Waals surface area contributed by atoms with Gasteiger partial charge in [0.05, 0.1) is 5.69 Å². The quantitative estimate of drug-likeness (QED) is 0.667. The molecule has 1 aromatic heterocycles. The second kappa shape index (κ2) is 7.97. The van der Waals surface area contributed by atoms with E-state index < -0.39 is 0 Å². The molecule has 6 heteroatoms. The van der Waals surface area contributed by atoms with E-state index in [1.807, 2.05) is 47.4 Å². The number of piperazine rings is 1. The maximum Gasteiger partial charge on any atom is 0.264 e. The van der Waals surface area contributed by atoms with Crippen LogP contribution in [0.3, 0.4) is 0 Å². The minimum Gasteiger partial charge on any atom is -0.480 e. The molecule has 0 radical (unpaired) electrons. The van der Waals surface area contributed by atoms with Gasteiger partial charge in [0.2, 0.25) is 0 Å². The number of rotatable bonds is 4. The number of carbonyl (C=O) groups excluding carboxylic acids is 1. The summed E-state index contributed by atoms with van der Waals surface area (Å²) in [6.45, 7) is 4.04. The highest BCUT2D eigenvalue weighted by Crippen LogP contribution is 2.29. The molecule has 5 rings (SSSR count). The van der Waals surface area contributed by atoms with Crippen LogP contribution in [0.1, 0.15) is 11.3 Å². The molecule has 1 saturated heterocycles. The van der Waals surface area contributed by atoms with Gasteiger partial charge in [0.25, 0.3) is 5.91 Å². The lowest BCUT2D eigenvalue weighted by Gasteiger charge is -2.35. The minimum atomic E-state index is -0.370. The average Bonchev–Trinajstić information content (AvgIpc) is 3.41. The fourth-order valence-corrected chi connectivity index (χ4v) is 4.79. The number of nitrogens with zero attached hydrogens (tertiary/aromatic N) is 3. The molecular weight excluding hydrogens is 382 g/mol. The Bertz CT molecular complexity index is 971. The summed E-state index contributed by atoms with van der Waals surface area (Å²) in [6, 6.07) is 18.2. The fraction of sp³-hybridized carbons (Fsp3) is 0.304. The number of thiazole rings is 1. The van der Waals surface area contributed by atoms with Gasteiger partial charge in [0.1, 0.15) is 10.8 Å². The molecule has 2 aliphatic rings. The zero-order valence-corrected chi connectivity index (χ0v) is 17.0. The fourth-order valence-electron chi connectivity index (χ4n) is 3.97. The summed E-state index contributed by atoms with van der Waals surface area (Å²) < 4.78 is 5.88. The van der Waals surface area contributed by atoms with Crippen molar-refractivity contribution in [1.29, 1.82) is 0 Å². The molecule has 29 heavy (non-hydrogen) atoms. The minimum absolute atomic E-state index is 0.112. The first-order valence-electron chi connectivity index (χ1n) is 10.0. The van der Waals surface area contributed by atoms with E-state index in [-0.39, 0.29) is 12.0 Å². The third-order valence-corrected chi connectivity index (χ3v) is 6.50. The molecule has 1 fully saturated rings. The summed E-state index contributed by atoms with van der Waals surface area (Å²) in [5.41, 5.74) is 3.39. The molecule has 1 atom stereocenters. The van der Waals surface area contributed by atoms with Crippen molar-refractivity contribution in [2.45, 2.75) is 19.1 Å². The largest absolute Gasteiger partial charge is 0.480 e. The van der Waals surface area contributed by atoms with Crippen LogP contribution in [0, 0.1) is 0 Å². The zero-order valence-electron chi connectivity index (χ0n) is 16.2. The molecule has 0 bridgehead atoms. The molecule has 3 aromatic rings. The molecule has 5 nitrogen and oxygen atoms in total. The van der Waals surface area contributed by atoms with Crippen LogP contribution in [-0.2, 0) is 17.8 Å². The highest BCUT2D eigenvalue weighted by Gasteiger charge is 2.33. The summed E-state index contributed by atoms with van der Waals surface area (Å²) in [5.74, 6) is 0.961. The Morgan fingerprint density at radius 2 is 1.79 bits per heavy atom. The average molecular weight is 406 g/mol. The number of para-hydroxylation sites is 1. The molecule has 0 unspecified atom stereocenters.